The molecule has 0 amide bonds. The topological polar surface area (TPSA) is 80.4 Å². The van der Waals surface area contributed by atoms with Gasteiger partial charge in [0.15, 0.2) is 0 Å². The van der Waals surface area contributed by atoms with Crippen LogP contribution in [-0.4, -0.2) is 46.7 Å². The van der Waals surface area contributed by atoms with Crippen LogP contribution in [0.1, 0.15) is 49.3 Å². The lowest BCUT2D eigenvalue weighted by atomic mass is 9.90. The van der Waals surface area contributed by atoms with Crippen LogP contribution in [0.3, 0.4) is 0 Å². The molecular formula is C19H25F4N3O2. The number of rotatable bonds is 7. The number of nitrogens with one attached hydrogen (secondary N) is 2. The number of halogens is 4. The van der Waals surface area contributed by atoms with Crippen molar-refractivity contribution in [3.63, 3.8) is 0 Å². The van der Waals surface area contributed by atoms with Gasteiger partial charge < -0.3 is 9.84 Å². The number of nitrogens with zero attached hydrogens (tertiary/aromatic N) is 1. The number of benzene rings is 1. The summed E-state index contributed by atoms with van der Waals surface area (Å²) in [4.78, 5) is 1.94. The predicted molar refractivity (Wildman–Crippen MR) is 97.3 cm³/mol. The number of aliphatic hydroxyl groups is 1. The van der Waals surface area contributed by atoms with Gasteiger partial charge in [-0.3, -0.25) is 15.7 Å². The number of ether oxygens (including phenoxy) is 1. The van der Waals surface area contributed by atoms with Crippen LogP contribution in [0.5, 0.6) is 0 Å². The van der Waals surface area contributed by atoms with E-state index in [0.717, 1.165) is 0 Å². The maximum absolute atomic E-state index is 13.8. The van der Waals surface area contributed by atoms with E-state index in [9.17, 15) is 22.7 Å². The van der Waals surface area contributed by atoms with Crippen molar-refractivity contribution in [3.8, 4) is 0 Å². The summed E-state index contributed by atoms with van der Waals surface area (Å²) in [6.07, 6.45) is -2.26. The van der Waals surface area contributed by atoms with Crippen molar-refractivity contribution in [2.75, 3.05) is 6.54 Å². The molecule has 0 spiro atoms. The number of hydrogen-bond acceptors (Lipinski definition) is 5. The van der Waals surface area contributed by atoms with Gasteiger partial charge in [-0.25, -0.2) is 8.78 Å². The van der Waals surface area contributed by atoms with E-state index in [1.165, 1.54) is 12.1 Å². The summed E-state index contributed by atoms with van der Waals surface area (Å²) < 4.78 is 56.8. The zero-order chi connectivity index (χ0) is 20.9. The second-order valence-electron chi connectivity index (χ2n) is 6.91. The second-order valence-corrected chi connectivity index (χ2v) is 6.91. The van der Waals surface area contributed by atoms with Gasteiger partial charge in [0.25, 0.3) is 5.90 Å². The lowest BCUT2D eigenvalue weighted by Gasteiger charge is -2.37. The standard InChI is InChI=1S/C19H25F4N3O2/c1-2-26(15-4-3-7-19(22,23)9-15)10-13-6-5-12(8-14(13)11-27)17(24)28-18(25)16(20)21/h5-6,8,15-16,24-25,27H,2-4,7,9-11H2,1H3. The molecule has 0 heterocycles. The van der Waals surface area contributed by atoms with Gasteiger partial charge in [-0.2, -0.15) is 8.78 Å². The Morgan fingerprint density at radius 1 is 1.32 bits per heavy atom. The van der Waals surface area contributed by atoms with E-state index in [1.54, 1.807) is 6.07 Å². The summed E-state index contributed by atoms with van der Waals surface area (Å²) in [7, 11) is 0. The molecule has 0 saturated heterocycles. The fraction of sp³-hybridized carbons (Fsp3) is 0.579. The molecule has 1 aromatic carbocycles. The Labute approximate surface area is 161 Å². The first-order valence-corrected chi connectivity index (χ1v) is 9.14. The van der Waals surface area contributed by atoms with Gasteiger partial charge in [0.2, 0.25) is 11.8 Å². The van der Waals surface area contributed by atoms with Crippen molar-refractivity contribution in [2.45, 2.75) is 64.1 Å². The Kier molecular flexibility index (Phi) is 7.54. The van der Waals surface area contributed by atoms with Crippen molar-refractivity contribution in [3.05, 3.63) is 34.9 Å². The van der Waals surface area contributed by atoms with Gasteiger partial charge in [-0.1, -0.05) is 13.0 Å². The largest absolute Gasteiger partial charge is 0.419 e. The number of aliphatic hydroxyl groups excluding tert-OH is 1. The Hall–Kier alpha value is -2.00. The van der Waals surface area contributed by atoms with Gasteiger partial charge >= 0.3 is 6.43 Å². The quantitative estimate of drug-likeness (QED) is 0.363. The van der Waals surface area contributed by atoms with Gasteiger partial charge in [-0.15, -0.1) is 0 Å². The molecule has 1 fully saturated rings. The molecular weight excluding hydrogens is 378 g/mol. The third-order valence-corrected chi connectivity index (χ3v) is 4.96. The molecule has 1 aliphatic rings. The SMILES string of the molecule is CCN(Cc1ccc(C(=N)OC(=N)C(F)F)cc1CO)C1CCCC(F)(F)C1. The van der Waals surface area contributed by atoms with E-state index in [2.05, 4.69) is 4.74 Å². The van der Waals surface area contributed by atoms with E-state index in [0.29, 0.717) is 37.1 Å². The van der Waals surface area contributed by atoms with Crippen LogP contribution in [0.4, 0.5) is 17.6 Å². The van der Waals surface area contributed by atoms with Crippen LogP contribution in [0.2, 0.25) is 0 Å². The summed E-state index contributed by atoms with van der Waals surface area (Å²) in [5, 5.41) is 24.4. The summed E-state index contributed by atoms with van der Waals surface area (Å²) in [5.41, 5.74) is 1.31. The fourth-order valence-corrected chi connectivity index (χ4v) is 3.46. The third kappa shape index (κ3) is 5.75. The lowest BCUT2D eigenvalue weighted by molar-refractivity contribution is -0.0642. The average molecular weight is 403 g/mol. The molecule has 2 rings (SSSR count). The summed E-state index contributed by atoms with van der Waals surface area (Å²) in [6.45, 7) is 2.45. The van der Waals surface area contributed by atoms with Crippen molar-refractivity contribution >= 4 is 11.8 Å². The Morgan fingerprint density at radius 3 is 2.61 bits per heavy atom. The molecule has 0 aromatic heterocycles. The molecule has 9 heteroatoms. The molecule has 0 radical (unpaired) electrons. The smallest absolute Gasteiger partial charge is 0.312 e. The highest BCUT2D eigenvalue weighted by molar-refractivity contribution is 6.00. The number of hydrogen-bond donors (Lipinski definition) is 3. The van der Waals surface area contributed by atoms with Crippen molar-refractivity contribution in [1.82, 2.24) is 4.90 Å². The zero-order valence-corrected chi connectivity index (χ0v) is 15.7. The molecule has 1 aliphatic carbocycles. The van der Waals surface area contributed by atoms with E-state index < -0.39 is 24.1 Å². The van der Waals surface area contributed by atoms with E-state index in [1.807, 2.05) is 11.8 Å². The van der Waals surface area contributed by atoms with Crippen molar-refractivity contribution in [2.24, 2.45) is 0 Å². The minimum Gasteiger partial charge on any atom is -0.419 e. The van der Waals surface area contributed by atoms with Crippen LogP contribution in [0.25, 0.3) is 0 Å². The summed E-state index contributed by atoms with van der Waals surface area (Å²) in [6, 6.07) is 4.26. The molecule has 1 atom stereocenters. The van der Waals surface area contributed by atoms with E-state index in [4.69, 9.17) is 10.8 Å². The predicted octanol–water partition coefficient (Wildman–Crippen LogP) is 4.16. The van der Waals surface area contributed by atoms with Crippen LogP contribution in [0.15, 0.2) is 18.2 Å². The Morgan fingerprint density at radius 2 is 2.04 bits per heavy atom. The Bertz CT molecular complexity index is 712. The molecule has 0 aliphatic heterocycles. The molecule has 156 valence electrons. The maximum atomic E-state index is 13.8. The minimum atomic E-state index is -3.12. The normalized spacial score (nSPS) is 19.1. The first-order valence-electron chi connectivity index (χ1n) is 9.14. The third-order valence-electron chi connectivity index (χ3n) is 4.96. The molecule has 0 bridgehead atoms. The average Bonchev–Trinajstić information content (AvgIpc) is 2.64. The molecule has 1 unspecified atom stereocenters. The summed E-state index contributed by atoms with van der Waals surface area (Å²) in [5.74, 6) is -4.61. The van der Waals surface area contributed by atoms with Crippen molar-refractivity contribution in [1.29, 1.82) is 10.8 Å². The van der Waals surface area contributed by atoms with Crippen LogP contribution in [-0.2, 0) is 17.9 Å². The minimum absolute atomic E-state index is 0.0899. The highest BCUT2D eigenvalue weighted by Crippen LogP contribution is 2.36. The van der Waals surface area contributed by atoms with Gasteiger partial charge in [-0.05, 0) is 42.6 Å². The fourth-order valence-electron chi connectivity index (χ4n) is 3.46. The van der Waals surface area contributed by atoms with Crippen LogP contribution in [0, 0.1) is 10.8 Å². The first-order chi connectivity index (χ1) is 13.2. The van der Waals surface area contributed by atoms with E-state index >= 15 is 0 Å². The highest BCUT2D eigenvalue weighted by atomic mass is 19.3. The van der Waals surface area contributed by atoms with Crippen LogP contribution < -0.4 is 0 Å². The molecule has 3 N–H and O–H groups in total. The van der Waals surface area contributed by atoms with E-state index in [-0.39, 0.29) is 31.1 Å². The number of alkyl halides is 4. The lowest BCUT2D eigenvalue weighted by Crippen LogP contribution is -2.42. The second kappa shape index (κ2) is 9.47. The van der Waals surface area contributed by atoms with Gasteiger partial charge in [0.1, 0.15) is 0 Å². The first kappa shape index (κ1) is 22.3. The monoisotopic (exact) mass is 403 g/mol. The molecule has 5 nitrogen and oxygen atoms in total. The molecule has 1 saturated carbocycles. The van der Waals surface area contributed by atoms with Crippen molar-refractivity contribution < 1.29 is 27.4 Å². The zero-order valence-electron chi connectivity index (χ0n) is 15.7. The van der Waals surface area contributed by atoms with Gasteiger partial charge in [0.05, 0.1) is 6.61 Å². The molecule has 1 aromatic rings. The van der Waals surface area contributed by atoms with Gasteiger partial charge in [0, 0.05) is 31.0 Å². The molecule has 28 heavy (non-hydrogen) atoms. The van der Waals surface area contributed by atoms with Crippen LogP contribution >= 0.6 is 0 Å². The maximum Gasteiger partial charge on any atom is 0.312 e. The summed E-state index contributed by atoms with van der Waals surface area (Å²) >= 11 is 0. The highest BCUT2D eigenvalue weighted by Gasteiger charge is 2.38. The Balaban J connectivity index is 2.14.